The lowest BCUT2D eigenvalue weighted by Crippen LogP contribution is -2.37. The number of fused-ring (bicyclic) bond motifs is 1. The zero-order chi connectivity index (χ0) is 23.7. The van der Waals surface area contributed by atoms with Crippen LogP contribution in [0.5, 0.6) is 0 Å². The molecular weight excluding hydrogens is 469 g/mol. The number of hydrogen-bond donors (Lipinski definition) is 1. The van der Waals surface area contributed by atoms with Gasteiger partial charge in [-0.05, 0) is 35.9 Å². The van der Waals surface area contributed by atoms with E-state index in [1.54, 1.807) is 41.0 Å². The molecule has 0 aliphatic carbocycles. The minimum absolute atomic E-state index is 0.00746. The van der Waals surface area contributed by atoms with Crippen LogP contribution in [0.3, 0.4) is 0 Å². The molecule has 0 bridgehead atoms. The fourth-order valence-corrected chi connectivity index (χ4v) is 4.33. The molecule has 0 aliphatic heterocycles. The second kappa shape index (κ2) is 9.24. The standard InChI is InChI=1S/C22H19ClFN5O3S/c1-27-19-18(20(31)28(2)22(27)32)29(11-13-6-8-15(24)9-7-13)21(26-19)33-12-17(30)25-16-5-3-4-14(23)10-16/h3-10H,11-12H2,1-2H3,(H,25,30). The molecule has 0 aliphatic rings. The molecule has 4 aromatic rings. The summed E-state index contributed by atoms with van der Waals surface area (Å²) in [6, 6.07) is 12.6. The average Bonchev–Trinajstić information content (AvgIpc) is 3.14. The Balaban J connectivity index is 1.70. The first-order chi connectivity index (χ1) is 15.7. The van der Waals surface area contributed by atoms with E-state index in [1.807, 2.05) is 0 Å². The van der Waals surface area contributed by atoms with Crippen molar-refractivity contribution in [3.8, 4) is 0 Å². The minimum Gasteiger partial charge on any atom is -0.325 e. The molecule has 2 heterocycles. The molecule has 4 rings (SSSR count). The summed E-state index contributed by atoms with van der Waals surface area (Å²) in [6.07, 6.45) is 0. The number of halogens is 2. The predicted molar refractivity (Wildman–Crippen MR) is 127 cm³/mol. The molecule has 1 N–H and O–H groups in total. The SMILES string of the molecule is Cn1c(=O)c2c(nc(SCC(=O)Nc3cccc(Cl)c3)n2Cc2ccc(F)cc2)n(C)c1=O. The van der Waals surface area contributed by atoms with E-state index in [-0.39, 0.29) is 35.2 Å². The van der Waals surface area contributed by atoms with Crippen LogP contribution in [0.2, 0.25) is 5.02 Å². The van der Waals surface area contributed by atoms with Gasteiger partial charge in [-0.15, -0.1) is 0 Å². The minimum atomic E-state index is -0.505. The molecule has 0 saturated heterocycles. The molecule has 11 heteroatoms. The van der Waals surface area contributed by atoms with Crippen LogP contribution in [-0.2, 0) is 25.4 Å². The van der Waals surface area contributed by atoms with Crippen LogP contribution in [0.4, 0.5) is 10.1 Å². The highest BCUT2D eigenvalue weighted by Gasteiger charge is 2.20. The number of carbonyl (C=O) groups excluding carboxylic acids is 1. The number of thioether (sulfide) groups is 1. The van der Waals surface area contributed by atoms with Gasteiger partial charge in [-0.3, -0.25) is 18.7 Å². The summed E-state index contributed by atoms with van der Waals surface area (Å²) in [5.74, 6) is -0.655. The molecule has 0 atom stereocenters. The van der Waals surface area contributed by atoms with Gasteiger partial charge in [-0.1, -0.05) is 41.6 Å². The average molecular weight is 488 g/mol. The van der Waals surface area contributed by atoms with E-state index in [0.29, 0.717) is 15.9 Å². The molecular formula is C22H19ClFN5O3S. The second-order valence-corrected chi connectivity index (χ2v) is 8.71. The molecule has 2 aromatic heterocycles. The van der Waals surface area contributed by atoms with Gasteiger partial charge in [0.1, 0.15) is 5.82 Å². The highest BCUT2D eigenvalue weighted by molar-refractivity contribution is 7.99. The molecule has 0 radical (unpaired) electrons. The summed E-state index contributed by atoms with van der Waals surface area (Å²) >= 11 is 7.08. The number of nitrogens with zero attached hydrogens (tertiary/aromatic N) is 4. The fraction of sp³-hybridized carbons (Fsp3) is 0.182. The summed E-state index contributed by atoms with van der Waals surface area (Å²) in [5.41, 5.74) is 0.720. The third-order valence-electron chi connectivity index (χ3n) is 5.01. The molecule has 0 saturated carbocycles. The van der Waals surface area contributed by atoms with Gasteiger partial charge < -0.3 is 9.88 Å². The quantitative estimate of drug-likeness (QED) is 0.422. The number of nitrogens with one attached hydrogen (secondary N) is 1. The molecule has 0 unspecified atom stereocenters. The lowest BCUT2D eigenvalue weighted by molar-refractivity contribution is -0.113. The van der Waals surface area contributed by atoms with Crippen molar-refractivity contribution >= 4 is 46.1 Å². The molecule has 0 spiro atoms. The molecule has 8 nitrogen and oxygen atoms in total. The van der Waals surface area contributed by atoms with E-state index in [0.717, 1.165) is 21.9 Å². The van der Waals surface area contributed by atoms with E-state index in [4.69, 9.17) is 11.6 Å². The first-order valence-corrected chi connectivity index (χ1v) is 11.2. The number of amides is 1. The van der Waals surface area contributed by atoms with Gasteiger partial charge in [0.25, 0.3) is 5.56 Å². The van der Waals surface area contributed by atoms with Crippen molar-refractivity contribution in [2.45, 2.75) is 11.7 Å². The Morgan fingerprint density at radius 1 is 1.12 bits per heavy atom. The molecule has 33 heavy (non-hydrogen) atoms. The van der Waals surface area contributed by atoms with Crippen LogP contribution < -0.4 is 16.6 Å². The van der Waals surface area contributed by atoms with Gasteiger partial charge in [0.05, 0.1) is 12.3 Å². The Morgan fingerprint density at radius 3 is 2.55 bits per heavy atom. The van der Waals surface area contributed by atoms with Gasteiger partial charge in [0.2, 0.25) is 5.91 Å². The smallest absolute Gasteiger partial charge is 0.325 e. The summed E-state index contributed by atoms with van der Waals surface area (Å²) in [4.78, 5) is 42.3. The maximum absolute atomic E-state index is 13.4. The van der Waals surface area contributed by atoms with Crippen molar-refractivity contribution in [3.63, 3.8) is 0 Å². The molecule has 1 amide bonds. The Labute approximate surface area is 196 Å². The van der Waals surface area contributed by atoms with Crippen LogP contribution >= 0.6 is 23.4 Å². The number of aryl methyl sites for hydroxylation is 1. The van der Waals surface area contributed by atoms with E-state index < -0.39 is 11.2 Å². The first kappa shape index (κ1) is 22.8. The van der Waals surface area contributed by atoms with Crippen LogP contribution in [0.15, 0.2) is 63.3 Å². The number of hydrogen-bond acceptors (Lipinski definition) is 5. The van der Waals surface area contributed by atoms with E-state index in [2.05, 4.69) is 10.3 Å². The maximum atomic E-state index is 13.4. The van der Waals surface area contributed by atoms with Gasteiger partial charge in [-0.2, -0.15) is 0 Å². The Hall–Kier alpha value is -3.37. The van der Waals surface area contributed by atoms with Gasteiger partial charge in [0.15, 0.2) is 16.3 Å². The summed E-state index contributed by atoms with van der Waals surface area (Å²) in [7, 11) is 2.92. The van der Waals surface area contributed by atoms with Crippen molar-refractivity contribution < 1.29 is 9.18 Å². The highest BCUT2D eigenvalue weighted by Crippen LogP contribution is 2.24. The summed E-state index contributed by atoms with van der Waals surface area (Å²) in [5, 5.41) is 3.64. The van der Waals surface area contributed by atoms with Crippen molar-refractivity contribution in [2.75, 3.05) is 11.1 Å². The third kappa shape index (κ3) is 4.71. The van der Waals surface area contributed by atoms with Crippen LogP contribution in [0.1, 0.15) is 5.56 Å². The van der Waals surface area contributed by atoms with Crippen LogP contribution in [0.25, 0.3) is 11.2 Å². The maximum Gasteiger partial charge on any atom is 0.332 e. The Bertz CT molecular complexity index is 1480. The number of anilines is 1. The number of aromatic nitrogens is 4. The summed E-state index contributed by atoms with van der Waals surface area (Å²) in [6.45, 7) is 0.211. The highest BCUT2D eigenvalue weighted by atomic mass is 35.5. The zero-order valence-electron chi connectivity index (χ0n) is 17.7. The van der Waals surface area contributed by atoms with Crippen molar-refractivity contribution in [1.82, 2.24) is 18.7 Å². The number of imidazole rings is 1. The van der Waals surface area contributed by atoms with Crippen LogP contribution in [0, 0.1) is 5.82 Å². The van der Waals surface area contributed by atoms with Crippen LogP contribution in [-0.4, -0.2) is 30.3 Å². The lowest BCUT2D eigenvalue weighted by atomic mass is 10.2. The van der Waals surface area contributed by atoms with Crippen molar-refractivity contribution in [1.29, 1.82) is 0 Å². The number of carbonyl (C=O) groups is 1. The van der Waals surface area contributed by atoms with E-state index in [9.17, 15) is 18.8 Å². The Kier molecular flexibility index (Phi) is 6.39. The second-order valence-electron chi connectivity index (χ2n) is 7.33. The third-order valence-corrected chi connectivity index (χ3v) is 6.22. The van der Waals surface area contributed by atoms with Gasteiger partial charge in [0, 0.05) is 24.8 Å². The van der Waals surface area contributed by atoms with Crippen molar-refractivity contribution in [2.24, 2.45) is 14.1 Å². The lowest BCUT2D eigenvalue weighted by Gasteiger charge is -2.10. The monoisotopic (exact) mass is 487 g/mol. The summed E-state index contributed by atoms with van der Waals surface area (Å²) < 4.78 is 17.3. The largest absolute Gasteiger partial charge is 0.332 e. The van der Waals surface area contributed by atoms with Gasteiger partial charge in [-0.25, -0.2) is 14.2 Å². The van der Waals surface area contributed by atoms with E-state index >= 15 is 0 Å². The fourth-order valence-electron chi connectivity index (χ4n) is 3.35. The van der Waals surface area contributed by atoms with Gasteiger partial charge >= 0.3 is 5.69 Å². The van der Waals surface area contributed by atoms with Crippen molar-refractivity contribution in [3.05, 3.63) is 85.8 Å². The zero-order valence-corrected chi connectivity index (χ0v) is 19.3. The molecule has 0 fully saturated rings. The first-order valence-electron chi connectivity index (χ1n) is 9.83. The molecule has 170 valence electrons. The number of benzene rings is 2. The Morgan fingerprint density at radius 2 is 1.85 bits per heavy atom. The number of rotatable bonds is 6. The molecule has 2 aromatic carbocycles. The van der Waals surface area contributed by atoms with E-state index in [1.165, 1.54) is 30.8 Å². The topological polar surface area (TPSA) is 90.9 Å². The predicted octanol–water partition coefficient (Wildman–Crippen LogP) is 3.01. The normalized spacial score (nSPS) is 11.2.